The maximum absolute atomic E-state index is 11.0. The van der Waals surface area contributed by atoms with Gasteiger partial charge in [-0.15, -0.1) is 0 Å². The highest BCUT2D eigenvalue weighted by atomic mass is 16.4. The van der Waals surface area contributed by atoms with Crippen LogP contribution in [0.4, 0.5) is 11.4 Å². The highest BCUT2D eigenvalue weighted by Gasteiger charge is 2.20. The molecule has 110 valence electrons. The number of carboxylic acid groups (broad SMARTS) is 1. The summed E-state index contributed by atoms with van der Waals surface area (Å²) in [6.07, 6.45) is 6.42. The Labute approximate surface area is 120 Å². The van der Waals surface area contributed by atoms with Crippen molar-refractivity contribution in [3.8, 4) is 0 Å². The van der Waals surface area contributed by atoms with Crippen LogP contribution in [0.1, 0.15) is 49.4 Å². The minimum absolute atomic E-state index is 0.274. The van der Waals surface area contributed by atoms with E-state index in [2.05, 4.69) is 12.2 Å². The van der Waals surface area contributed by atoms with Crippen LogP contribution in [-0.4, -0.2) is 17.6 Å². The molecule has 0 aliphatic heterocycles. The Hall–Kier alpha value is -1.71. The van der Waals surface area contributed by atoms with Crippen molar-refractivity contribution in [2.75, 3.05) is 17.6 Å². The molecule has 4 N–H and O–H groups in total. The third kappa shape index (κ3) is 3.65. The number of nitrogens with two attached hydrogens (primary N) is 1. The Bertz CT molecular complexity index is 466. The average molecular weight is 276 g/mol. The Balaban J connectivity index is 1.91. The zero-order chi connectivity index (χ0) is 14.5. The van der Waals surface area contributed by atoms with Crippen LogP contribution in [0.25, 0.3) is 0 Å². The highest BCUT2D eigenvalue weighted by molar-refractivity contribution is 5.90. The Morgan fingerprint density at radius 1 is 1.30 bits per heavy atom. The summed E-state index contributed by atoms with van der Waals surface area (Å²) in [5.74, 6) is 0.647. The van der Waals surface area contributed by atoms with E-state index in [1.807, 2.05) is 0 Å². The first kappa shape index (κ1) is 14.7. The van der Waals surface area contributed by atoms with Crippen molar-refractivity contribution in [1.29, 1.82) is 0 Å². The molecule has 1 aromatic carbocycles. The second-order valence-corrected chi connectivity index (χ2v) is 5.78. The summed E-state index contributed by atoms with van der Waals surface area (Å²) in [6, 6.07) is 4.81. The largest absolute Gasteiger partial charge is 0.478 e. The molecule has 0 saturated heterocycles. The lowest BCUT2D eigenvalue weighted by molar-refractivity contribution is 0.0697. The van der Waals surface area contributed by atoms with E-state index >= 15 is 0 Å². The van der Waals surface area contributed by atoms with Crippen LogP contribution in [0.2, 0.25) is 0 Å². The van der Waals surface area contributed by atoms with E-state index in [0.717, 1.165) is 18.2 Å². The van der Waals surface area contributed by atoms with Gasteiger partial charge in [-0.2, -0.15) is 0 Å². The molecule has 1 aliphatic carbocycles. The number of rotatable bonds is 5. The molecule has 1 saturated carbocycles. The van der Waals surface area contributed by atoms with E-state index in [1.54, 1.807) is 12.1 Å². The van der Waals surface area contributed by atoms with Gasteiger partial charge in [0.2, 0.25) is 0 Å². The molecule has 0 amide bonds. The minimum Gasteiger partial charge on any atom is -0.478 e. The van der Waals surface area contributed by atoms with Crippen LogP contribution in [0.5, 0.6) is 0 Å². The molecular formula is C16H24N2O2. The summed E-state index contributed by atoms with van der Waals surface area (Å²) in [5.41, 5.74) is 7.51. The van der Waals surface area contributed by atoms with Crippen molar-refractivity contribution >= 4 is 17.3 Å². The third-order valence-electron chi connectivity index (χ3n) is 4.43. The monoisotopic (exact) mass is 276 g/mol. The quantitative estimate of drug-likeness (QED) is 0.718. The SMILES string of the molecule is CCC1CCC(CNc2cc(C(=O)O)ccc2N)CC1. The van der Waals surface area contributed by atoms with E-state index < -0.39 is 5.97 Å². The van der Waals surface area contributed by atoms with Gasteiger partial charge in [0.15, 0.2) is 0 Å². The lowest BCUT2D eigenvalue weighted by Crippen LogP contribution is -2.21. The Kier molecular flexibility index (Phi) is 4.88. The first-order valence-corrected chi connectivity index (χ1v) is 7.46. The summed E-state index contributed by atoms with van der Waals surface area (Å²) < 4.78 is 0. The molecule has 1 aliphatic rings. The summed E-state index contributed by atoms with van der Waals surface area (Å²) in [5, 5.41) is 12.3. The molecule has 1 fully saturated rings. The van der Waals surface area contributed by atoms with E-state index in [1.165, 1.54) is 38.2 Å². The van der Waals surface area contributed by atoms with Gasteiger partial charge in [-0.1, -0.05) is 26.2 Å². The number of nitrogen functional groups attached to an aromatic ring is 1. The zero-order valence-electron chi connectivity index (χ0n) is 12.1. The molecular weight excluding hydrogens is 252 g/mol. The van der Waals surface area contributed by atoms with E-state index in [-0.39, 0.29) is 5.56 Å². The topological polar surface area (TPSA) is 75.3 Å². The van der Waals surface area contributed by atoms with Crippen molar-refractivity contribution in [1.82, 2.24) is 0 Å². The molecule has 4 nitrogen and oxygen atoms in total. The van der Waals surface area contributed by atoms with Crippen molar-refractivity contribution in [3.05, 3.63) is 23.8 Å². The molecule has 0 heterocycles. The fourth-order valence-electron chi connectivity index (χ4n) is 2.94. The molecule has 0 bridgehead atoms. The first-order valence-electron chi connectivity index (χ1n) is 7.46. The maximum atomic E-state index is 11.0. The van der Waals surface area contributed by atoms with Gasteiger partial charge in [-0.05, 0) is 42.9 Å². The lowest BCUT2D eigenvalue weighted by Gasteiger charge is -2.28. The van der Waals surface area contributed by atoms with Crippen LogP contribution in [0.15, 0.2) is 18.2 Å². The molecule has 4 heteroatoms. The normalized spacial score (nSPS) is 22.4. The van der Waals surface area contributed by atoms with Crippen LogP contribution in [0, 0.1) is 11.8 Å². The van der Waals surface area contributed by atoms with E-state index in [0.29, 0.717) is 11.6 Å². The minimum atomic E-state index is -0.920. The lowest BCUT2D eigenvalue weighted by atomic mass is 9.81. The molecule has 0 unspecified atom stereocenters. The summed E-state index contributed by atoms with van der Waals surface area (Å²) in [7, 11) is 0. The van der Waals surface area contributed by atoms with Gasteiger partial charge in [-0.25, -0.2) is 4.79 Å². The summed E-state index contributed by atoms with van der Waals surface area (Å²) in [6.45, 7) is 3.14. The molecule has 0 radical (unpaired) electrons. The molecule has 0 aromatic heterocycles. The first-order chi connectivity index (χ1) is 9.60. The fraction of sp³-hybridized carbons (Fsp3) is 0.562. The molecule has 20 heavy (non-hydrogen) atoms. The number of hydrogen-bond donors (Lipinski definition) is 3. The Morgan fingerprint density at radius 2 is 1.95 bits per heavy atom. The fourth-order valence-corrected chi connectivity index (χ4v) is 2.94. The molecule has 0 atom stereocenters. The van der Waals surface area contributed by atoms with Gasteiger partial charge in [0.1, 0.15) is 0 Å². The average Bonchev–Trinajstić information content (AvgIpc) is 2.46. The molecule has 1 aromatic rings. The van der Waals surface area contributed by atoms with Gasteiger partial charge in [0, 0.05) is 6.54 Å². The highest BCUT2D eigenvalue weighted by Crippen LogP contribution is 2.31. The number of hydrogen-bond acceptors (Lipinski definition) is 3. The van der Waals surface area contributed by atoms with Gasteiger partial charge >= 0.3 is 5.97 Å². The maximum Gasteiger partial charge on any atom is 0.335 e. The van der Waals surface area contributed by atoms with Gasteiger partial charge in [-0.3, -0.25) is 0 Å². The molecule has 2 rings (SSSR count). The predicted molar refractivity (Wildman–Crippen MR) is 82.0 cm³/mol. The van der Waals surface area contributed by atoms with Crippen LogP contribution < -0.4 is 11.1 Å². The molecule has 0 spiro atoms. The smallest absolute Gasteiger partial charge is 0.335 e. The second kappa shape index (κ2) is 6.64. The predicted octanol–water partition coefficient (Wildman–Crippen LogP) is 3.60. The van der Waals surface area contributed by atoms with Gasteiger partial charge in [0.25, 0.3) is 0 Å². The van der Waals surface area contributed by atoms with Crippen LogP contribution in [0.3, 0.4) is 0 Å². The van der Waals surface area contributed by atoms with Crippen molar-refractivity contribution in [3.63, 3.8) is 0 Å². The third-order valence-corrected chi connectivity index (χ3v) is 4.43. The van der Waals surface area contributed by atoms with Crippen LogP contribution in [-0.2, 0) is 0 Å². The summed E-state index contributed by atoms with van der Waals surface area (Å²) in [4.78, 5) is 11.0. The van der Waals surface area contributed by atoms with Crippen molar-refractivity contribution < 1.29 is 9.90 Å². The number of aromatic carboxylic acids is 1. The van der Waals surface area contributed by atoms with E-state index in [9.17, 15) is 4.79 Å². The van der Waals surface area contributed by atoms with Gasteiger partial charge in [0.05, 0.1) is 16.9 Å². The number of anilines is 2. The van der Waals surface area contributed by atoms with E-state index in [4.69, 9.17) is 10.8 Å². The van der Waals surface area contributed by atoms with Crippen molar-refractivity contribution in [2.45, 2.75) is 39.0 Å². The number of carboxylic acids is 1. The number of benzene rings is 1. The van der Waals surface area contributed by atoms with Gasteiger partial charge < -0.3 is 16.2 Å². The Morgan fingerprint density at radius 3 is 2.55 bits per heavy atom. The van der Waals surface area contributed by atoms with Crippen molar-refractivity contribution in [2.24, 2.45) is 11.8 Å². The second-order valence-electron chi connectivity index (χ2n) is 5.78. The number of carbonyl (C=O) groups is 1. The standard InChI is InChI=1S/C16H24N2O2/c1-2-11-3-5-12(6-4-11)10-18-15-9-13(16(19)20)7-8-14(15)17/h7-9,11-12,18H,2-6,10,17H2,1H3,(H,19,20). The zero-order valence-corrected chi connectivity index (χ0v) is 12.1. The van der Waals surface area contributed by atoms with Crippen LogP contribution >= 0.6 is 0 Å². The summed E-state index contributed by atoms with van der Waals surface area (Å²) >= 11 is 0. The number of nitrogens with one attached hydrogen (secondary N) is 1.